The molecule has 12 heteroatoms. The number of benzene rings is 1. The fourth-order valence-electron chi connectivity index (χ4n) is 5.85. The number of hydrogen-bond donors (Lipinski definition) is 2. The Balaban J connectivity index is 1.16. The molecule has 0 spiro atoms. The third kappa shape index (κ3) is 6.36. The minimum Gasteiger partial charge on any atom is -0.351 e. The van der Waals surface area contributed by atoms with Gasteiger partial charge in [-0.3, -0.25) is 19.3 Å². The largest absolute Gasteiger partial charge is 0.351 e. The summed E-state index contributed by atoms with van der Waals surface area (Å²) in [4.78, 5) is 42.9. The Labute approximate surface area is 255 Å². The molecular weight excluding hydrogens is 556 g/mol. The molecule has 0 atom stereocenters. The minimum absolute atomic E-state index is 0.0284. The molecule has 3 aromatic heterocycles. The van der Waals surface area contributed by atoms with Crippen LogP contribution < -0.4 is 20.4 Å². The second-order valence-corrected chi connectivity index (χ2v) is 11.2. The smallest absolute Gasteiger partial charge is 0.323 e. The van der Waals surface area contributed by atoms with Crippen LogP contribution in [0.2, 0.25) is 0 Å². The van der Waals surface area contributed by atoms with E-state index in [0.717, 1.165) is 48.8 Å². The van der Waals surface area contributed by atoms with E-state index < -0.39 is 0 Å². The van der Waals surface area contributed by atoms with Crippen LogP contribution in [0.25, 0.3) is 11.1 Å². The molecule has 3 amide bonds. The van der Waals surface area contributed by atoms with Crippen molar-refractivity contribution in [2.75, 3.05) is 21.7 Å². The average Bonchev–Trinajstić information content (AvgIpc) is 3.69. The maximum Gasteiger partial charge on any atom is 0.323 e. The monoisotopic (exact) mass is 590 g/mol. The molecule has 44 heavy (non-hydrogen) atoms. The number of aryl methyl sites for hydroxylation is 1. The van der Waals surface area contributed by atoms with Gasteiger partial charge in [0, 0.05) is 62.2 Å². The number of aromatic nitrogens is 5. The number of anilines is 3. The molecule has 0 radical (unpaired) electrons. The van der Waals surface area contributed by atoms with Crippen LogP contribution in [0.1, 0.15) is 49.7 Å². The topological polar surface area (TPSA) is 145 Å². The highest BCUT2D eigenvalue weighted by molar-refractivity contribution is 5.95. The van der Waals surface area contributed by atoms with Gasteiger partial charge in [-0.25, -0.2) is 14.8 Å². The number of nitriles is 1. The molecule has 4 heterocycles. The Bertz CT molecular complexity index is 1660. The lowest BCUT2D eigenvalue weighted by Crippen LogP contribution is -2.49. The first-order valence-electron chi connectivity index (χ1n) is 14.9. The molecule has 4 aromatic rings. The van der Waals surface area contributed by atoms with Crippen LogP contribution in [0, 0.1) is 11.3 Å². The van der Waals surface area contributed by atoms with Crippen molar-refractivity contribution in [3.63, 3.8) is 0 Å². The molecule has 1 saturated heterocycles. The summed E-state index contributed by atoms with van der Waals surface area (Å²) in [6, 6.07) is 15.6. The van der Waals surface area contributed by atoms with Crippen molar-refractivity contribution in [3.05, 3.63) is 78.4 Å². The lowest BCUT2D eigenvalue weighted by Gasteiger charge is -2.36. The van der Waals surface area contributed by atoms with Gasteiger partial charge in [0.1, 0.15) is 17.5 Å². The van der Waals surface area contributed by atoms with E-state index in [0.29, 0.717) is 37.1 Å². The molecule has 1 aromatic carbocycles. The number of hydrogen-bond acceptors (Lipinski definition) is 8. The van der Waals surface area contributed by atoms with Gasteiger partial charge in [-0.2, -0.15) is 15.3 Å². The summed E-state index contributed by atoms with van der Waals surface area (Å²) in [7, 11) is 1.87. The summed E-state index contributed by atoms with van der Waals surface area (Å²) in [5.74, 6) is 1.32. The average molecular weight is 591 g/mol. The Morgan fingerprint density at radius 2 is 1.86 bits per heavy atom. The fraction of sp³-hybridized carbons (Fsp3) is 0.344. The molecule has 2 N–H and O–H groups in total. The maximum atomic E-state index is 13.7. The van der Waals surface area contributed by atoms with Gasteiger partial charge in [-0.05, 0) is 49.8 Å². The zero-order chi connectivity index (χ0) is 30.5. The number of urea groups is 1. The molecule has 12 nitrogen and oxygen atoms in total. The molecule has 0 bridgehead atoms. The number of carbonyl (C=O) groups excluding carboxylic acids is 2. The number of pyridine rings is 1. The van der Waals surface area contributed by atoms with Crippen LogP contribution >= 0.6 is 0 Å². The first-order chi connectivity index (χ1) is 21.5. The van der Waals surface area contributed by atoms with Gasteiger partial charge in [0.05, 0.1) is 12.4 Å². The highest BCUT2D eigenvalue weighted by Gasteiger charge is 2.32. The first-order valence-corrected chi connectivity index (χ1v) is 14.9. The summed E-state index contributed by atoms with van der Waals surface area (Å²) >= 11 is 0. The van der Waals surface area contributed by atoms with E-state index in [1.807, 2.05) is 55.7 Å². The zero-order valence-corrected chi connectivity index (χ0v) is 24.6. The predicted octanol–water partition coefficient (Wildman–Crippen LogP) is 4.41. The van der Waals surface area contributed by atoms with Gasteiger partial charge in [-0.1, -0.05) is 30.3 Å². The van der Waals surface area contributed by atoms with E-state index in [1.54, 1.807) is 26.9 Å². The third-order valence-corrected chi connectivity index (χ3v) is 8.15. The van der Waals surface area contributed by atoms with E-state index in [4.69, 9.17) is 4.98 Å². The number of amides is 3. The maximum absolute atomic E-state index is 13.7. The normalized spacial score (nSPS) is 18.1. The highest BCUT2D eigenvalue weighted by Crippen LogP contribution is 2.30. The minimum atomic E-state index is -0.192. The Kier molecular flexibility index (Phi) is 8.45. The number of nitrogens with one attached hydrogen (secondary N) is 2. The van der Waals surface area contributed by atoms with Gasteiger partial charge < -0.3 is 10.6 Å². The van der Waals surface area contributed by atoms with Gasteiger partial charge >= 0.3 is 6.03 Å². The van der Waals surface area contributed by atoms with Crippen LogP contribution in [0.15, 0.2) is 67.3 Å². The zero-order valence-electron chi connectivity index (χ0n) is 24.6. The summed E-state index contributed by atoms with van der Waals surface area (Å²) in [5.41, 5.74) is 3.19. The predicted molar refractivity (Wildman–Crippen MR) is 166 cm³/mol. The molecule has 0 unspecified atom stereocenters. The molecule has 1 saturated carbocycles. The molecule has 224 valence electrons. The lowest BCUT2D eigenvalue weighted by atomic mass is 9.90. The first kappa shape index (κ1) is 28.8. The van der Waals surface area contributed by atoms with Crippen LogP contribution in [-0.4, -0.2) is 55.3 Å². The number of carbonyl (C=O) groups is 2. The third-order valence-electron chi connectivity index (χ3n) is 8.15. The van der Waals surface area contributed by atoms with Gasteiger partial charge in [0.15, 0.2) is 5.82 Å². The van der Waals surface area contributed by atoms with Crippen molar-refractivity contribution in [2.45, 2.75) is 57.2 Å². The van der Waals surface area contributed by atoms with E-state index in [-0.39, 0.29) is 29.6 Å². The van der Waals surface area contributed by atoms with Crippen molar-refractivity contribution < 1.29 is 9.59 Å². The summed E-state index contributed by atoms with van der Waals surface area (Å²) in [6.45, 7) is 0.966. The molecule has 2 aliphatic rings. The second-order valence-electron chi connectivity index (χ2n) is 11.2. The summed E-state index contributed by atoms with van der Waals surface area (Å²) in [5, 5.41) is 20.3. The van der Waals surface area contributed by atoms with Gasteiger partial charge in [0.2, 0.25) is 11.9 Å². The Morgan fingerprint density at radius 3 is 2.52 bits per heavy atom. The number of rotatable bonds is 8. The molecule has 1 aliphatic carbocycles. The van der Waals surface area contributed by atoms with Crippen molar-refractivity contribution in [1.29, 1.82) is 5.26 Å². The second kappa shape index (κ2) is 12.9. The summed E-state index contributed by atoms with van der Waals surface area (Å²) < 4.78 is 1.74. The quantitative estimate of drug-likeness (QED) is 0.307. The fourth-order valence-corrected chi connectivity index (χ4v) is 5.85. The van der Waals surface area contributed by atoms with Crippen molar-refractivity contribution in [3.8, 4) is 17.2 Å². The van der Waals surface area contributed by atoms with E-state index in [9.17, 15) is 14.9 Å². The van der Waals surface area contributed by atoms with E-state index in [1.165, 1.54) is 6.20 Å². The van der Waals surface area contributed by atoms with Crippen LogP contribution in [0.4, 0.5) is 22.4 Å². The molecule has 2 fully saturated rings. The Morgan fingerprint density at radius 1 is 1.05 bits per heavy atom. The van der Waals surface area contributed by atoms with E-state index in [2.05, 4.69) is 31.8 Å². The summed E-state index contributed by atoms with van der Waals surface area (Å²) in [6.07, 6.45) is 11.2. The van der Waals surface area contributed by atoms with Crippen molar-refractivity contribution in [1.82, 2.24) is 30.0 Å². The van der Waals surface area contributed by atoms with Crippen LogP contribution in [0.3, 0.4) is 0 Å². The van der Waals surface area contributed by atoms with E-state index >= 15 is 0 Å². The molecular formula is C32H34N10O2. The molecule has 6 rings (SSSR count). The lowest BCUT2D eigenvalue weighted by molar-refractivity contribution is -0.117. The van der Waals surface area contributed by atoms with Crippen LogP contribution in [0.5, 0.6) is 0 Å². The molecule has 1 aliphatic heterocycles. The SMILES string of the molecule is Cn1cc(-c2ccc(N(C(=O)NCc3ccccc3)[C@H]3CC[C@H](Nc4ncc(C#N)c(N5CCCC5=O)n4)CC3)nc2)cn1. The van der Waals surface area contributed by atoms with Gasteiger partial charge in [0.25, 0.3) is 0 Å². The van der Waals surface area contributed by atoms with Gasteiger partial charge in [-0.15, -0.1) is 0 Å². The highest BCUT2D eigenvalue weighted by atomic mass is 16.2. The van der Waals surface area contributed by atoms with Crippen molar-refractivity contribution >= 4 is 29.5 Å². The number of nitrogens with zero attached hydrogens (tertiary/aromatic N) is 8. The van der Waals surface area contributed by atoms with Crippen molar-refractivity contribution in [2.24, 2.45) is 7.05 Å². The Hall–Kier alpha value is -5.31. The standard InChI is InChI=1S/C32H34N10O2/c1-40-21-25(20-37-40)23-9-14-28(34-18-23)42(32(44)36-17-22-6-3-2-4-7-22)27-12-10-26(11-13-27)38-31-35-19-24(16-33)30(39-31)41-15-5-8-29(41)43/h2-4,6-7,9,14,18-21,26-27H,5,8,10-13,15,17H2,1H3,(H,36,44)(H,35,38,39)/t26-,27-. The van der Waals surface area contributed by atoms with Crippen LogP contribution in [-0.2, 0) is 18.4 Å².